The van der Waals surface area contributed by atoms with E-state index in [-0.39, 0.29) is 22.2 Å². The largest absolute Gasteiger partial charge is 0.416 e. The van der Waals surface area contributed by atoms with Gasteiger partial charge in [-0.15, -0.1) is 0 Å². The van der Waals surface area contributed by atoms with Gasteiger partial charge in [0.15, 0.2) is 0 Å². The van der Waals surface area contributed by atoms with E-state index in [1.54, 1.807) is 56.3 Å². The van der Waals surface area contributed by atoms with Crippen molar-refractivity contribution in [1.82, 2.24) is 4.31 Å². The van der Waals surface area contributed by atoms with Gasteiger partial charge in [0.25, 0.3) is 0 Å². The topological polar surface area (TPSA) is 66.5 Å². The SMILES string of the molecule is Cc1cc(C)c(S(=O)(=O)N(CC(=O)Nc2cc(C(F)(F)F)ccc2Cl)Cc2ccccc2)c(C)c1. The Bertz CT molecular complexity index is 1320. The summed E-state index contributed by atoms with van der Waals surface area (Å²) in [7, 11) is -4.15. The number of anilines is 1. The van der Waals surface area contributed by atoms with Crippen molar-refractivity contribution in [1.29, 1.82) is 0 Å². The van der Waals surface area contributed by atoms with Crippen molar-refractivity contribution in [3.05, 3.63) is 93.5 Å². The molecule has 0 aliphatic rings. The van der Waals surface area contributed by atoms with E-state index in [1.165, 1.54) is 0 Å². The number of rotatable bonds is 7. The molecule has 3 aromatic rings. The van der Waals surface area contributed by atoms with Crippen LogP contribution in [0.5, 0.6) is 0 Å². The molecule has 0 spiro atoms. The summed E-state index contributed by atoms with van der Waals surface area (Å²) in [5.41, 5.74) is 1.35. The highest BCUT2D eigenvalue weighted by atomic mass is 35.5. The van der Waals surface area contributed by atoms with Crippen LogP contribution in [0.4, 0.5) is 18.9 Å². The summed E-state index contributed by atoms with van der Waals surface area (Å²) in [6, 6.07) is 14.7. The minimum absolute atomic E-state index is 0.0870. The Balaban J connectivity index is 1.97. The lowest BCUT2D eigenvalue weighted by Crippen LogP contribution is -2.38. The highest BCUT2D eigenvalue weighted by Crippen LogP contribution is 2.34. The maximum atomic E-state index is 13.7. The van der Waals surface area contributed by atoms with Crippen LogP contribution in [-0.2, 0) is 27.5 Å². The monoisotopic (exact) mass is 524 g/mol. The van der Waals surface area contributed by atoms with E-state index in [0.29, 0.717) is 22.8 Å². The normalized spacial score (nSPS) is 12.1. The number of carbonyl (C=O) groups is 1. The fraction of sp³-hybridized carbons (Fsp3) is 0.240. The fourth-order valence-electron chi connectivity index (χ4n) is 3.86. The number of nitrogens with one attached hydrogen (secondary N) is 1. The van der Waals surface area contributed by atoms with Crippen LogP contribution in [0.2, 0.25) is 5.02 Å². The van der Waals surface area contributed by atoms with Crippen LogP contribution in [0, 0.1) is 20.8 Å². The third-order valence-electron chi connectivity index (χ3n) is 5.29. The zero-order valence-corrected chi connectivity index (χ0v) is 20.9. The molecule has 0 saturated carbocycles. The van der Waals surface area contributed by atoms with Crippen molar-refractivity contribution in [2.24, 2.45) is 0 Å². The molecule has 5 nitrogen and oxygen atoms in total. The first kappa shape index (κ1) is 26.7. The van der Waals surface area contributed by atoms with Gasteiger partial charge in [0, 0.05) is 6.54 Å². The smallest absolute Gasteiger partial charge is 0.324 e. The summed E-state index contributed by atoms with van der Waals surface area (Å²) in [6.45, 7) is 4.47. The third kappa shape index (κ3) is 6.42. The molecule has 0 atom stereocenters. The molecule has 1 amide bonds. The second kappa shape index (κ2) is 10.4. The molecule has 0 heterocycles. The lowest BCUT2D eigenvalue weighted by atomic mass is 10.1. The number of sulfonamides is 1. The molecule has 1 N–H and O–H groups in total. The average Bonchev–Trinajstić information content (AvgIpc) is 2.74. The number of amides is 1. The number of nitrogens with zero attached hydrogens (tertiary/aromatic N) is 1. The molecule has 10 heteroatoms. The molecule has 0 aromatic heterocycles. The first-order valence-corrected chi connectivity index (χ1v) is 12.4. The predicted octanol–water partition coefficient (Wildman–Crippen LogP) is 6.11. The maximum Gasteiger partial charge on any atom is 0.416 e. The second-order valence-electron chi connectivity index (χ2n) is 8.23. The van der Waals surface area contributed by atoms with Crippen LogP contribution < -0.4 is 5.32 Å². The molecule has 0 aliphatic heterocycles. The van der Waals surface area contributed by atoms with Crippen molar-refractivity contribution in [3.8, 4) is 0 Å². The van der Waals surface area contributed by atoms with Crippen LogP contribution in [0.1, 0.15) is 27.8 Å². The van der Waals surface area contributed by atoms with Crippen molar-refractivity contribution in [2.75, 3.05) is 11.9 Å². The Kier molecular flexibility index (Phi) is 7.93. The minimum Gasteiger partial charge on any atom is -0.324 e. The minimum atomic E-state index is -4.63. The van der Waals surface area contributed by atoms with Crippen LogP contribution >= 0.6 is 11.6 Å². The molecule has 3 aromatic carbocycles. The zero-order valence-electron chi connectivity index (χ0n) is 19.3. The lowest BCUT2D eigenvalue weighted by molar-refractivity contribution is -0.137. The van der Waals surface area contributed by atoms with Gasteiger partial charge in [-0.1, -0.05) is 59.6 Å². The van der Waals surface area contributed by atoms with E-state index in [9.17, 15) is 26.4 Å². The number of alkyl halides is 3. The number of hydrogen-bond donors (Lipinski definition) is 1. The standard InChI is InChI=1S/C25H24ClF3N2O3S/c1-16-11-17(2)24(18(3)12-16)35(33,34)31(14-19-7-5-4-6-8-19)15-23(32)30-22-13-20(25(27,28)29)9-10-21(22)26/h4-13H,14-15H2,1-3H3,(H,30,32). The summed E-state index contributed by atoms with van der Waals surface area (Å²) < 4.78 is 67.7. The van der Waals surface area contributed by atoms with Gasteiger partial charge in [0.05, 0.1) is 27.7 Å². The molecule has 3 rings (SSSR count). The number of halogens is 4. The van der Waals surface area contributed by atoms with E-state index in [1.807, 2.05) is 6.92 Å². The Labute approximate surface area is 207 Å². The Hall–Kier alpha value is -2.88. The van der Waals surface area contributed by atoms with Gasteiger partial charge in [-0.05, 0) is 55.7 Å². The summed E-state index contributed by atoms with van der Waals surface area (Å²) >= 11 is 5.98. The Morgan fingerprint density at radius 2 is 1.57 bits per heavy atom. The van der Waals surface area contributed by atoms with Gasteiger partial charge in [0.2, 0.25) is 15.9 Å². The van der Waals surface area contributed by atoms with Crippen molar-refractivity contribution < 1.29 is 26.4 Å². The lowest BCUT2D eigenvalue weighted by Gasteiger charge is -2.24. The first-order chi connectivity index (χ1) is 16.3. The van der Waals surface area contributed by atoms with Crippen molar-refractivity contribution in [3.63, 3.8) is 0 Å². The van der Waals surface area contributed by atoms with E-state index < -0.39 is 34.2 Å². The third-order valence-corrected chi connectivity index (χ3v) is 7.72. The van der Waals surface area contributed by atoms with Crippen LogP contribution in [-0.4, -0.2) is 25.2 Å². The summed E-state index contributed by atoms with van der Waals surface area (Å²) in [5, 5.41) is 2.22. The van der Waals surface area contributed by atoms with Gasteiger partial charge in [-0.2, -0.15) is 17.5 Å². The summed E-state index contributed by atoms with van der Waals surface area (Å²) in [5.74, 6) is -0.826. The van der Waals surface area contributed by atoms with Gasteiger partial charge >= 0.3 is 6.18 Å². The molecule has 0 saturated heterocycles. The summed E-state index contributed by atoms with van der Waals surface area (Å²) in [4.78, 5) is 13.0. The number of hydrogen-bond acceptors (Lipinski definition) is 3. The van der Waals surface area contributed by atoms with Crippen molar-refractivity contribution >= 4 is 33.2 Å². The number of aryl methyl sites for hydroxylation is 3. The van der Waals surface area contributed by atoms with Gasteiger partial charge in [-0.3, -0.25) is 4.79 Å². The first-order valence-electron chi connectivity index (χ1n) is 10.6. The maximum absolute atomic E-state index is 13.7. The summed E-state index contributed by atoms with van der Waals surface area (Å²) in [6.07, 6.45) is -4.63. The molecule has 0 aliphatic carbocycles. The highest BCUT2D eigenvalue weighted by Gasteiger charge is 2.32. The quantitative estimate of drug-likeness (QED) is 0.405. The van der Waals surface area contributed by atoms with E-state index >= 15 is 0 Å². The van der Waals surface area contributed by atoms with Gasteiger partial charge < -0.3 is 5.32 Å². The van der Waals surface area contributed by atoms with Gasteiger partial charge in [-0.25, -0.2) is 8.42 Å². The van der Waals surface area contributed by atoms with Crippen LogP contribution in [0.3, 0.4) is 0 Å². The molecular formula is C25H24ClF3N2O3S. The van der Waals surface area contributed by atoms with E-state index in [0.717, 1.165) is 22.0 Å². The average molecular weight is 525 g/mol. The molecule has 0 fully saturated rings. The van der Waals surface area contributed by atoms with Crippen molar-refractivity contribution in [2.45, 2.75) is 38.4 Å². The molecule has 0 bridgehead atoms. The molecule has 186 valence electrons. The second-order valence-corrected chi connectivity index (χ2v) is 10.5. The molecule has 0 unspecified atom stereocenters. The number of carbonyl (C=O) groups excluding carboxylic acids is 1. The molecular weight excluding hydrogens is 501 g/mol. The van der Waals surface area contributed by atoms with Gasteiger partial charge in [0.1, 0.15) is 0 Å². The van der Waals surface area contributed by atoms with E-state index in [2.05, 4.69) is 5.32 Å². The Morgan fingerprint density at radius 1 is 0.971 bits per heavy atom. The van der Waals surface area contributed by atoms with Crippen LogP contribution in [0.15, 0.2) is 65.6 Å². The predicted molar refractivity (Wildman–Crippen MR) is 130 cm³/mol. The van der Waals surface area contributed by atoms with Crippen LogP contribution in [0.25, 0.3) is 0 Å². The Morgan fingerprint density at radius 3 is 2.14 bits per heavy atom. The van der Waals surface area contributed by atoms with E-state index in [4.69, 9.17) is 11.6 Å². The molecule has 35 heavy (non-hydrogen) atoms. The fourth-order valence-corrected chi connectivity index (χ4v) is 5.82. The number of benzene rings is 3. The molecule has 0 radical (unpaired) electrons. The zero-order chi connectivity index (χ0) is 26.0. The highest BCUT2D eigenvalue weighted by molar-refractivity contribution is 7.89.